The number of H-pyrrole nitrogens is 1. The molecule has 2 aromatic heterocycles. The average Bonchev–Trinajstić information content (AvgIpc) is 3.24. The van der Waals surface area contributed by atoms with Crippen molar-refractivity contribution in [1.29, 1.82) is 0 Å². The number of aromatic amines is 1. The summed E-state index contributed by atoms with van der Waals surface area (Å²) in [5, 5.41) is 24.3. The number of carboxylic acid groups (broad SMARTS) is 2. The number of nitrogens with zero attached hydrogens (tertiary/aromatic N) is 2. The molecule has 3 rings (SSSR count). The lowest BCUT2D eigenvalue weighted by Gasteiger charge is -2.20. The predicted molar refractivity (Wildman–Crippen MR) is 304 cm³/mol. The molecule has 2 unspecified atom stereocenters. The summed E-state index contributed by atoms with van der Waals surface area (Å²) in [7, 11) is 3.36. The van der Waals surface area contributed by atoms with Gasteiger partial charge in [-0.25, -0.2) is 4.79 Å². The molecule has 352 valence electrons. The third kappa shape index (κ3) is 5.40. The monoisotopic (exact) mass is 658 g/mol. The van der Waals surface area contributed by atoms with Gasteiger partial charge >= 0.3 is 11.9 Å². The summed E-state index contributed by atoms with van der Waals surface area (Å²) in [5.74, 6) is -3.37. The summed E-state index contributed by atoms with van der Waals surface area (Å²) in [5.41, 5.74) is 3.29. The molecule has 0 spiro atoms. The number of hydrogen-bond acceptors (Lipinski definition) is 6. The van der Waals surface area contributed by atoms with Crippen molar-refractivity contribution in [3.05, 3.63) is 57.0 Å². The molecule has 1 amide bonds. The highest BCUT2D eigenvalue weighted by Crippen LogP contribution is 2.27. The molecule has 11 nitrogen and oxygen atoms in total. The smallest absolute Gasteiger partial charge is 0.326 e. The van der Waals surface area contributed by atoms with E-state index in [1.807, 2.05) is 19.9 Å². The van der Waals surface area contributed by atoms with E-state index in [0.717, 1.165) is 16.7 Å². The van der Waals surface area contributed by atoms with Gasteiger partial charge in [0.05, 0.1) is 11.8 Å². The molecule has 0 fully saturated rings. The van der Waals surface area contributed by atoms with Crippen LogP contribution in [-0.2, 0) is 23.1 Å². The van der Waals surface area contributed by atoms with Crippen LogP contribution in [0.5, 0.6) is 0 Å². The van der Waals surface area contributed by atoms with Gasteiger partial charge in [-0.3, -0.25) is 19.0 Å². The SMILES string of the molecule is CNc1nc2[nH]cc(C(C)Cc3ccc(C(=O)N[C@H](C(=O)O)C(C)CC(=O)O)cc3C)c2c(=O)n1C.[HH].[HH].[HH].[HH].[HH].[HH].[HH].[HH].[HH].[HH].[HH].[HH].[HH].[HH].[HH].[HH].[HH].[HH].[HH].[HH].[HH].[HH].[HH].[HH].[HH].[HH].[HH].[HH].[HH].[HH].[HH].[HH].[HH].[HH].[HH].[HH].[HH].[HH].[HH].[HH].[HH].[HH].[HH].[HH].[HH].[HH].[HH].[HH].[HH].[HH].[HH].[HH].[HH].[HH].[HH].[HH].[HH].[HH].[HH].[HH].[HH].[HH].[HH].[HH].[HH].[HH].[HH].[HH].[HH].[HH].[HH].[HH].[HH].[HH].[HH].[HH].[HH].[HH].[HH].[HH]. The molecule has 0 aliphatic heterocycles. The Hall–Kier alpha value is -4.15. The van der Waals surface area contributed by atoms with E-state index in [2.05, 4.69) is 20.6 Å². The predicted octanol–water partition coefficient (Wildman–Crippen LogP) is 21.9. The molecule has 2 heterocycles. The Morgan fingerprint density at radius 2 is 1.92 bits per heavy atom. The zero-order valence-electron chi connectivity index (χ0n) is 20.9. The summed E-state index contributed by atoms with van der Waals surface area (Å²) < 4.78 is 1.47. The zero-order chi connectivity index (χ0) is 26.7. The molecule has 0 saturated heterocycles. The third-order valence-corrected chi connectivity index (χ3v) is 6.45. The number of rotatable bonds is 10. The van der Waals surface area contributed by atoms with E-state index in [-0.39, 0.29) is 138 Å². The minimum Gasteiger partial charge on any atom is -0.481 e. The second-order valence-electron chi connectivity index (χ2n) is 9.13. The summed E-state index contributed by atoms with van der Waals surface area (Å²) in [6.45, 7) is 5.33. The van der Waals surface area contributed by atoms with Gasteiger partial charge in [-0.05, 0) is 54.0 Å². The highest BCUT2D eigenvalue weighted by molar-refractivity contribution is 5.97. The van der Waals surface area contributed by atoms with Crippen molar-refractivity contribution in [3.8, 4) is 0 Å². The van der Waals surface area contributed by atoms with Crippen molar-refractivity contribution in [2.75, 3.05) is 12.4 Å². The first-order chi connectivity index (χ1) is 16.9. The molecule has 0 aliphatic carbocycles. The van der Waals surface area contributed by atoms with E-state index in [0.29, 0.717) is 23.4 Å². The molecular weight excluding hydrogens is 466 g/mol. The quantitative estimate of drug-likeness (QED) is 0.143. The van der Waals surface area contributed by atoms with Crippen molar-refractivity contribution >= 4 is 34.8 Å². The highest BCUT2D eigenvalue weighted by atomic mass is 16.4. The lowest BCUT2D eigenvalue weighted by molar-refractivity contribution is -0.142. The second-order valence-corrected chi connectivity index (χ2v) is 9.13. The van der Waals surface area contributed by atoms with Gasteiger partial charge in [0, 0.05) is 140 Å². The fourth-order valence-corrected chi connectivity index (χ4v) is 4.37. The number of anilines is 1. The number of carbonyl (C=O) groups is 3. The first-order valence-corrected chi connectivity index (χ1v) is 11.5. The Bertz CT molecular complexity index is 1480. The molecule has 0 saturated carbocycles. The Morgan fingerprint density at radius 3 is 2.50 bits per heavy atom. The number of aromatic nitrogens is 3. The van der Waals surface area contributed by atoms with E-state index < -0.39 is 29.8 Å². The summed E-state index contributed by atoms with van der Waals surface area (Å²) in [6, 6.07) is 3.77. The van der Waals surface area contributed by atoms with Gasteiger partial charge in [-0.1, -0.05) is 19.9 Å². The van der Waals surface area contributed by atoms with E-state index in [4.69, 9.17) is 5.11 Å². The lowest BCUT2D eigenvalue weighted by Crippen LogP contribution is -2.45. The standard InChI is InChI=1S/C25H31N5O6.80H2/c1-12-8-16(22(33)28-20(24(35)36)14(3)10-18(31)32)7-6-15(12)9-13(2)17-11-27-21-19(17)23(34)30(5)25(26-4)29-21;;;;;;;;;;;;;;;;;;;;;;;;;;;;;;;;;;;;;;;;;;;;;;;;;;;;;;;;;;;;;;;;;;;;;;;;;;;;;;;;/h6-8,11,13-14,20,27H,9-10H2,1-5H3,(H,26,29)(H,28,33)(H,31,32)(H,35,36);80*1H/t13?,14?,20-;;;;;;;;;;;;;;;;;;;;;;;;;;;;;;;;;;;;;;;;;;;;;;;;;;;;;;;;;;;;;;;;;;;;;;;;;;;;;;;;/m0................................................................................/s1. The number of aryl methyl sites for hydroxylation is 1. The van der Waals surface area contributed by atoms with Crippen LogP contribution >= 0.6 is 0 Å². The number of fused-ring (bicyclic) bond motifs is 1. The third-order valence-electron chi connectivity index (χ3n) is 6.45. The van der Waals surface area contributed by atoms with Gasteiger partial charge in [0.1, 0.15) is 11.7 Å². The van der Waals surface area contributed by atoms with E-state index in [1.165, 1.54) is 11.5 Å². The molecule has 5 N–H and O–H groups in total. The summed E-state index contributed by atoms with van der Waals surface area (Å²) >= 11 is 0. The van der Waals surface area contributed by atoms with Gasteiger partial charge in [-0.2, -0.15) is 4.98 Å². The normalized spacial score (nSPS) is 13.7. The van der Waals surface area contributed by atoms with Crippen LogP contribution in [0.1, 0.15) is 167 Å². The second kappa shape index (κ2) is 10.6. The minimum atomic E-state index is -1.32. The fraction of sp³-hybridized carbons (Fsp3) is 0.400. The highest BCUT2D eigenvalue weighted by Gasteiger charge is 2.28. The van der Waals surface area contributed by atoms with Crippen LogP contribution in [0.3, 0.4) is 0 Å². The first-order valence-electron chi connectivity index (χ1n) is 11.5. The first kappa shape index (κ1) is 26.5. The van der Waals surface area contributed by atoms with Crippen molar-refractivity contribution in [2.45, 2.75) is 45.6 Å². The van der Waals surface area contributed by atoms with Crippen molar-refractivity contribution in [3.63, 3.8) is 0 Å². The number of carboxylic acids is 2. The molecular formula is C25H191N5O6. The lowest BCUT2D eigenvalue weighted by atomic mass is 9.91. The van der Waals surface area contributed by atoms with Crippen LogP contribution in [0.4, 0.5) is 5.95 Å². The Balaban J connectivity index is -0.00000000237. The van der Waals surface area contributed by atoms with Crippen LogP contribution in [0.15, 0.2) is 29.2 Å². The van der Waals surface area contributed by atoms with Crippen LogP contribution in [0.25, 0.3) is 11.0 Å². The van der Waals surface area contributed by atoms with Gasteiger partial charge < -0.3 is 25.8 Å². The Kier molecular flexibility index (Phi) is 7.81. The van der Waals surface area contributed by atoms with E-state index >= 15 is 0 Å². The van der Waals surface area contributed by atoms with Crippen LogP contribution in [0, 0.1) is 12.8 Å². The van der Waals surface area contributed by atoms with Crippen molar-refractivity contribution in [2.24, 2.45) is 13.0 Å². The largest absolute Gasteiger partial charge is 0.481 e. The van der Waals surface area contributed by atoms with Gasteiger partial charge in [0.25, 0.3) is 11.5 Å². The summed E-state index contributed by atoms with van der Waals surface area (Å²) in [6.07, 6.45) is 2.02. The number of aliphatic carboxylic acids is 2. The van der Waals surface area contributed by atoms with Gasteiger partial charge in [-0.15, -0.1) is 0 Å². The molecule has 0 bridgehead atoms. The molecule has 1 aromatic carbocycles. The maximum Gasteiger partial charge on any atom is 0.326 e. The molecule has 0 radical (unpaired) electrons. The van der Waals surface area contributed by atoms with E-state index in [1.54, 1.807) is 32.4 Å². The Morgan fingerprint density at radius 1 is 1.22 bits per heavy atom. The fourth-order valence-electron chi connectivity index (χ4n) is 4.37. The summed E-state index contributed by atoms with van der Waals surface area (Å²) in [4.78, 5) is 55.7. The van der Waals surface area contributed by atoms with Crippen LogP contribution in [0.2, 0.25) is 0 Å². The maximum absolute atomic E-state index is 12.9. The Labute approximate surface area is 326 Å². The number of carbonyl (C=O) groups excluding carboxylic acids is 1. The molecule has 11 heteroatoms. The molecule has 3 aromatic rings. The number of nitrogens with one attached hydrogen (secondary N) is 3. The number of amides is 1. The minimum absolute atomic E-state index is 0. The molecule has 36 heavy (non-hydrogen) atoms. The zero-order valence-corrected chi connectivity index (χ0v) is 20.9. The number of benzene rings is 1. The molecule has 3 atom stereocenters. The average molecular weight is 659 g/mol. The van der Waals surface area contributed by atoms with Crippen molar-refractivity contribution < 1.29 is 139 Å². The van der Waals surface area contributed by atoms with Gasteiger partial charge in [0.15, 0.2) is 0 Å². The van der Waals surface area contributed by atoms with Crippen LogP contribution < -0.4 is 16.2 Å². The van der Waals surface area contributed by atoms with Crippen LogP contribution in [-0.4, -0.2) is 55.7 Å². The number of hydrogen-bond donors (Lipinski definition) is 5. The maximum atomic E-state index is 12.9. The topological polar surface area (TPSA) is 166 Å². The van der Waals surface area contributed by atoms with Gasteiger partial charge in [0.2, 0.25) is 5.95 Å². The molecule has 0 aliphatic rings. The van der Waals surface area contributed by atoms with E-state index in [9.17, 15) is 24.3 Å². The van der Waals surface area contributed by atoms with Crippen molar-refractivity contribution in [1.82, 2.24) is 19.9 Å².